The molecule has 9 aromatic carbocycles. The van der Waals surface area contributed by atoms with Crippen molar-refractivity contribution in [2.45, 2.75) is 0 Å². The van der Waals surface area contributed by atoms with Crippen LogP contribution in [0.5, 0.6) is 0 Å². The van der Waals surface area contributed by atoms with Gasteiger partial charge in [0.05, 0.1) is 38.9 Å². The van der Waals surface area contributed by atoms with Gasteiger partial charge in [0.25, 0.3) is 0 Å². The number of fused-ring (bicyclic) bond motifs is 11. The predicted molar refractivity (Wildman–Crippen MR) is 265 cm³/mol. The average molecular weight is 847 g/mol. The third-order valence-electron chi connectivity index (χ3n) is 12.8. The van der Waals surface area contributed by atoms with Crippen LogP contribution in [0.4, 0.5) is 0 Å². The zero-order valence-corrected chi connectivity index (χ0v) is 35.1. The van der Waals surface area contributed by atoms with Crippen molar-refractivity contribution >= 4 is 76.6 Å². The van der Waals surface area contributed by atoms with Crippen LogP contribution in [0, 0.1) is 0 Å². The lowest BCUT2D eigenvalue weighted by atomic mass is 10.1. The Morgan fingerprint density at radius 3 is 1.53 bits per heavy atom. The zero-order chi connectivity index (χ0) is 43.3. The minimum absolute atomic E-state index is 0.470. The summed E-state index contributed by atoms with van der Waals surface area (Å²) in [5.41, 5.74) is 12.5. The zero-order valence-electron chi connectivity index (χ0n) is 35.1. The third kappa shape index (κ3) is 5.39. The number of hydrogen-bond acceptors (Lipinski definition) is 6. The molecule has 0 atom stereocenters. The van der Waals surface area contributed by atoms with E-state index in [1.807, 2.05) is 84.9 Å². The second kappa shape index (κ2) is 14.2. The lowest BCUT2D eigenvalue weighted by molar-refractivity contribution is 0.620. The molecule has 5 aromatic heterocycles. The molecule has 0 saturated heterocycles. The van der Waals surface area contributed by atoms with Crippen LogP contribution in [-0.2, 0) is 0 Å². The number of oxazole rings is 1. The van der Waals surface area contributed by atoms with Crippen LogP contribution in [0.15, 0.2) is 215 Å². The lowest BCUT2D eigenvalue weighted by Crippen LogP contribution is -2.00. The van der Waals surface area contributed by atoms with Crippen molar-refractivity contribution in [3.8, 4) is 57.0 Å². The van der Waals surface area contributed by atoms with Gasteiger partial charge < -0.3 is 18.0 Å². The topological polar surface area (TPSA) is 87.7 Å². The number of hydrogen-bond donors (Lipinski definition) is 0. The maximum absolute atomic E-state index is 7.23. The Bertz CT molecular complexity index is 4220. The molecule has 0 radical (unpaired) electrons. The first-order chi connectivity index (χ1) is 32.7. The van der Waals surface area contributed by atoms with Crippen LogP contribution >= 0.6 is 0 Å². The maximum Gasteiger partial charge on any atom is 0.227 e. The molecule has 0 N–H and O–H groups in total. The molecule has 0 aliphatic carbocycles. The van der Waals surface area contributed by atoms with Gasteiger partial charge in [-0.25, -0.2) is 19.9 Å². The fourth-order valence-corrected chi connectivity index (χ4v) is 9.92. The molecule has 66 heavy (non-hydrogen) atoms. The molecule has 14 rings (SSSR count). The Labute approximate surface area is 376 Å². The number of furan rings is 1. The van der Waals surface area contributed by atoms with Crippen molar-refractivity contribution in [3.63, 3.8) is 0 Å². The summed E-state index contributed by atoms with van der Waals surface area (Å²) in [4.78, 5) is 20.3. The largest absolute Gasteiger partial charge is 0.453 e. The fourth-order valence-electron chi connectivity index (χ4n) is 9.92. The quantitative estimate of drug-likeness (QED) is 0.166. The highest BCUT2D eigenvalue weighted by Crippen LogP contribution is 2.45. The Morgan fingerprint density at radius 1 is 0.318 bits per heavy atom. The van der Waals surface area contributed by atoms with Crippen molar-refractivity contribution < 1.29 is 8.83 Å². The molecule has 308 valence electrons. The minimum atomic E-state index is 0.470. The van der Waals surface area contributed by atoms with Crippen LogP contribution in [0.2, 0.25) is 0 Å². The molecule has 0 aliphatic heterocycles. The average Bonchev–Trinajstić information content (AvgIpc) is 4.17. The van der Waals surface area contributed by atoms with Crippen molar-refractivity contribution in [1.82, 2.24) is 29.1 Å². The molecule has 0 aliphatic rings. The van der Waals surface area contributed by atoms with Gasteiger partial charge in [-0.05, 0) is 60.7 Å². The predicted octanol–water partition coefficient (Wildman–Crippen LogP) is 14.8. The molecule has 0 fully saturated rings. The highest BCUT2D eigenvalue weighted by Gasteiger charge is 2.25. The summed E-state index contributed by atoms with van der Waals surface area (Å²) in [6.45, 7) is 0. The summed E-state index contributed by atoms with van der Waals surface area (Å²) in [6, 6.07) is 71.0. The van der Waals surface area contributed by atoms with Gasteiger partial charge in [-0.1, -0.05) is 146 Å². The summed E-state index contributed by atoms with van der Waals surface area (Å²) in [7, 11) is 0. The number of rotatable bonds is 6. The van der Waals surface area contributed by atoms with E-state index < -0.39 is 0 Å². The summed E-state index contributed by atoms with van der Waals surface area (Å²) < 4.78 is 18.5. The standard InChI is InChI=1S/C58H34N6O2/c1-4-17-35(18-5-1)55-60-56(62-57(61-55)45-28-15-29-46-53(45)66-58(59-46)36-19-6-2-7-20-36)44-27-14-25-42-43-26-16-32-49(54(43)65-52(42)44)64-48-31-13-11-24-39(48)41-34-33-40-38-23-10-12-30-47(38)63(50(40)51(41)64)37-21-8-3-9-22-37/h1-34H. The number of para-hydroxylation sites is 6. The van der Waals surface area contributed by atoms with E-state index in [1.165, 1.54) is 10.8 Å². The fraction of sp³-hybridized carbons (Fsp3) is 0. The summed E-state index contributed by atoms with van der Waals surface area (Å²) in [5.74, 6) is 2.02. The first-order valence-corrected chi connectivity index (χ1v) is 22.0. The summed E-state index contributed by atoms with van der Waals surface area (Å²) >= 11 is 0. The van der Waals surface area contributed by atoms with Gasteiger partial charge in [0, 0.05) is 49.1 Å². The van der Waals surface area contributed by atoms with Gasteiger partial charge in [0.1, 0.15) is 11.1 Å². The van der Waals surface area contributed by atoms with Crippen LogP contribution in [0.25, 0.3) is 134 Å². The van der Waals surface area contributed by atoms with Crippen LogP contribution in [0.3, 0.4) is 0 Å². The van der Waals surface area contributed by atoms with E-state index in [-0.39, 0.29) is 0 Å². The van der Waals surface area contributed by atoms with E-state index in [1.54, 1.807) is 0 Å². The molecule has 0 unspecified atom stereocenters. The number of nitrogens with zero attached hydrogens (tertiary/aromatic N) is 6. The first kappa shape index (κ1) is 36.4. The highest BCUT2D eigenvalue weighted by molar-refractivity contribution is 6.24. The molecule has 0 amide bonds. The molecule has 0 spiro atoms. The molecule has 8 heteroatoms. The Balaban J connectivity index is 1.03. The second-order valence-electron chi connectivity index (χ2n) is 16.5. The highest BCUT2D eigenvalue weighted by atomic mass is 16.3. The van der Waals surface area contributed by atoms with E-state index in [0.29, 0.717) is 45.6 Å². The SMILES string of the molecule is c1ccc(-c2nc(-c3cccc4nc(-c5ccccc5)oc34)nc(-c3cccc4c3oc3c(-n5c6ccccc6c6ccc7c8ccccc8n(-c8ccccc8)c7c65)cccc34)n2)cc1. The summed E-state index contributed by atoms with van der Waals surface area (Å²) in [5, 5.41) is 6.66. The van der Waals surface area contributed by atoms with Crippen molar-refractivity contribution in [2.75, 3.05) is 0 Å². The van der Waals surface area contributed by atoms with E-state index in [4.69, 9.17) is 28.8 Å². The van der Waals surface area contributed by atoms with Crippen LogP contribution in [0.1, 0.15) is 0 Å². The van der Waals surface area contributed by atoms with Crippen molar-refractivity contribution in [2.24, 2.45) is 0 Å². The normalized spacial score (nSPS) is 11.9. The molecule has 5 heterocycles. The van der Waals surface area contributed by atoms with Gasteiger partial charge in [-0.3, -0.25) is 0 Å². The third-order valence-corrected chi connectivity index (χ3v) is 12.8. The Morgan fingerprint density at radius 2 is 0.833 bits per heavy atom. The van der Waals surface area contributed by atoms with Gasteiger partial charge in [0.15, 0.2) is 28.6 Å². The van der Waals surface area contributed by atoms with Crippen molar-refractivity contribution in [3.05, 3.63) is 206 Å². The van der Waals surface area contributed by atoms with Crippen LogP contribution in [-0.4, -0.2) is 29.1 Å². The second-order valence-corrected chi connectivity index (χ2v) is 16.5. The van der Waals surface area contributed by atoms with Gasteiger partial charge in [-0.15, -0.1) is 0 Å². The number of aromatic nitrogens is 6. The molecule has 8 nitrogen and oxygen atoms in total. The van der Waals surface area contributed by atoms with Gasteiger partial charge in [0.2, 0.25) is 5.89 Å². The molecule has 0 bridgehead atoms. The smallest absolute Gasteiger partial charge is 0.227 e. The maximum atomic E-state index is 7.23. The lowest BCUT2D eigenvalue weighted by Gasteiger charge is -2.12. The molecule has 14 aromatic rings. The minimum Gasteiger partial charge on any atom is -0.453 e. The monoisotopic (exact) mass is 846 g/mol. The van der Waals surface area contributed by atoms with E-state index in [0.717, 1.165) is 77.3 Å². The van der Waals surface area contributed by atoms with E-state index >= 15 is 0 Å². The Kier molecular flexibility index (Phi) is 7.81. The van der Waals surface area contributed by atoms with Gasteiger partial charge in [-0.2, -0.15) is 0 Å². The molecular weight excluding hydrogens is 813 g/mol. The van der Waals surface area contributed by atoms with Crippen LogP contribution < -0.4 is 0 Å². The van der Waals surface area contributed by atoms with Crippen molar-refractivity contribution in [1.29, 1.82) is 0 Å². The van der Waals surface area contributed by atoms with Gasteiger partial charge >= 0.3 is 0 Å². The first-order valence-electron chi connectivity index (χ1n) is 22.0. The van der Waals surface area contributed by atoms with E-state index in [2.05, 4.69) is 130 Å². The van der Waals surface area contributed by atoms with E-state index in [9.17, 15) is 0 Å². The molecular formula is C58H34N6O2. The Hall–Kier alpha value is -9.14. The summed E-state index contributed by atoms with van der Waals surface area (Å²) in [6.07, 6.45) is 0. The molecule has 0 saturated carbocycles. The number of benzene rings is 9.